The second-order valence-electron chi connectivity index (χ2n) is 17.3. The van der Waals surface area contributed by atoms with Crippen LogP contribution in [0.15, 0.2) is 24.3 Å². The van der Waals surface area contributed by atoms with E-state index in [9.17, 15) is 9.90 Å². The lowest BCUT2D eigenvalue weighted by Gasteiger charge is -2.61. The number of carbonyl (C=O) groups excluding carboxylic acids is 1. The van der Waals surface area contributed by atoms with Gasteiger partial charge in [-0.15, -0.1) is 0 Å². The minimum Gasteiger partial charge on any atom is -0.508 e. The minimum atomic E-state index is -0.328. The molecule has 7 aliphatic rings. The molecule has 254 valence electrons. The van der Waals surface area contributed by atoms with Gasteiger partial charge in [0.2, 0.25) is 0 Å². The fraction of sp³-hybridized carbons (Fsp3) is 0.821. The van der Waals surface area contributed by atoms with Gasteiger partial charge >= 0.3 is 6.09 Å². The molecule has 3 heterocycles. The fourth-order valence-electron chi connectivity index (χ4n) is 12.5. The van der Waals surface area contributed by atoms with Crippen LogP contribution < -0.4 is 0 Å². The molecule has 7 fully saturated rings. The number of ether oxygens (including phenoxy) is 3. The summed E-state index contributed by atoms with van der Waals surface area (Å²) >= 11 is 0. The first-order chi connectivity index (χ1) is 22.1. The van der Waals surface area contributed by atoms with Gasteiger partial charge in [0.05, 0.1) is 12.7 Å². The summed E-state index contributed by atoms with van der Waals surface area (Å²) in [5.41, 5.74) is 1.66. The van der Waals surface area contributed by atoms with E-state index >= 15 is 0 Å². The normalized spacial score (nSPS) is 47.1. The predicted octanol–water partition coefficient (Wildman–Crippen LogP) is 7.46. The number of hydrogen-bond acceptors (Lipinski definition) is 6. The molecule has 12 atom stereocenters. The van der Waals surface area contributed by atoms with Crippen LogP contribution in [0, 0.1) is 52.3 Å². The molecule has 0 radical (unpaired) electrons. The Balaban J connectivity index is 0.864. The second kappa shape index (κ2) is 11.7. The molecule has 0 bridgehead atoms. The molecule has 46 heavy (non-hydrogen) atoms. The Bertz CT molecular complexity index is 1290. The van der Waals surface area contributed by atoms with Gasteiger partial charge in [0.25, 0.3) is 0 Å². The Morgan fingerprint density at radius 2 is 1.72 bits per heavy atom. The van der Waals surface area contributed by atoms with E-state index in [1.165, 1.54) is 44.9 Å². The van der Waals surface area contributed by atoms with Crippen LogP contribution in [-0.2, 0) is 20.8 Å². The zero-order valence-electron chi connectivity index (χ0n) is 28.8. The summed E-state index contributed by atoms with van der Waals surface area (Å²) < 4.78 is 19.8. The Hall–Kier alpha value is -1.83. The lowest BCUT2D eigenvalue weighted by molar-refractivity contribution is -0.273. The van der Waals surface area contributed by atoms with Crippen molar-refractivity contribution in [1.82, 2.24) is 9.80 Å². The van der Waals surface area contributed by atoms with Crippen molar-refractivity contribution < 1.29 is 24.1 Å². The van der Waals surface area contributed by atoms with E-state index in [-0.39, 0.29) is 18.0 Å². The summed E-state index contributed by atoms with van der Waals surface area (Å²) in [4.78, 5) is 17.5. The zero-order valence-corrected chi connectivity index (χ0v) is 28.8. The highest BCUT2D eigenvalue weighted by molar-refractivity contribution is 5.68. The van der Waals surface area contributed by atoms with E-state index in [0.29, 0.717) is 66.0 Å². The topological polar surface area (TPSA) is 71.5 Å². The first-order valence-electron chi connectivity index (χ1n) is 18.9. The lowest BCUT2D eigenvalue weighted by atomic mass is 9.44. The highest BCUT2D eigenvalue weighted by atomic mass is 16.7. The third kappa shape index (κ3) is 5.03. The van der Waals surface area contributed by atoms with Crippen molar-refractivity contribution in [3.8, 4) is 5.75 Å². The maximum atomic E-state index is 13.3. The number of nitrogens with zero attached hydrogens (tertiary/aromatic N) is 2. The van der Waals surface area contributed by atoms with Crippen molar-refractivity contribution in [2.24, 2.45) is 52.3 Å². The molecule has 0 aromatic heterocycles. The van der Waals surface area contributed by atoms with Crippen molar-refractivity contribution in [2.75, 3.05) is 32.8 Å². The molecule has 7 nitrogen and oxygen atoms in total. The number of fused-ring (bicyclic) bond motifs is 7. The third-order valence-corrected chi connectivity index (χ3v) is 15.2. The average Bonchev–Trinajstić information content (AvgIpc) is 3.49. The number of aromatic hydroxyl groups is 1. The summed E-state index contributed by atoms with van der Waals surface area (Å²) in [5.74, 6) is 4.77. The number of amides is 1. The van der Waals surface area contributed by atoms with E-state index in [4.69, 9.17) is 14.2 Å². The van der Waals surface area contributed by atoms with E-state index in [0.717, 1.165) is 62.3 Å². The number of phenols is 1. The van der Waals surface area contributed by atoms with Crippen LogP contribution in [0.3, 0.4) is 0 Å². The van der Waals surface area contributed by atoms with Crippen molar-refractivity contribution in [3.05, 3.63) is 29.8 Å². The first kappa shape index (κ1) is 31.4. The molecule has 7 heteroatoms. The SMILES string of the molecule is C[C@H]1CC[C@@]2(OC1)O[C@H]1C[C@H]3[C@@H]4CC[C@@H]5C[C@@H](OC(=O)N6CCN(Cc7ccccc7O)CC6)CC[C@]5(C)[C@H]4CC[C@]3(C)[C@H]1[C@@H]2C. The molecular weight excluding hydrogens is 576 g/mol. The van der Waals surface area contributed by atoms with E-state index in [2.05, 4.69) is 32.6 Å². The molecule has 8 rings (SSSR count). The number of hydrogen-bond donors (Lipinski definition) is 1. The number of piperazine rings is 1. The van der Waals surface area contributed by atoms with Crippen molar-refractivity contribution in [2.45, 2.75) is 116 Å². The van der Waals surface area contributed by atoms with Crippen LogP contribution in [0.5, 0.6) is 5.75 Å². The van der Waals surface area contributed by atoms with Gasteiger partial charge in [0, 0.05) is 50.6 Å². The van der Waals surface area contributed by atoms with E-state index in [1.807, 2.05) is 23.1 Å². The van der Waals surface area contributed by atoms with Gasteiger partial charge in [0.15, 0.2) is 5.79 Å². The quantitative estimate of drug-likeness (QED) is 0.372. The smallest absolute Gasteiger partial charge is 0.410 e. The standard InChI is InChI=1S/C39H58N2O5/c1-25-11-16-39(44-24-25)26(2)35-34(46-39)22-32-30-10-9-28-21-29(12-14-37(28,3)31(30)13-15-38(32,35)4)45-36(43)41-19-17-40(18-20-41)23-27-7-5-6-8-33(27)42/h5-8,25-26,28-32,34-35,42H,9-24H2,1-4H3/t25-,26-,28+,29-,30+,31-,32-,34-,35-,37-,38-,39+/m0/s1. The lowest BCUT2D eigenvalue weighted by Crippen LogP contribution is -2.55. The van der Waals surface area contributed by atoms with Crippen LogP contribution in [0.25, 0.3) is 0 Å². The zero-order chi connectivity index (χ0) is 31.8. The Kier molecular flexibility index (Phi) is 7.96. The van der Waals surface area contributed by atoms with Crippen LogP contribution in [0.2, 0.25) is 0 Å². The molecule has 1 aromatic carbocycles. The maximum absolute atomic E-state index is 13.3. The summed E-state index contributed by atoms with van der Waals surface area (Å²) in [5, 5.41) is 10.2. The highest BCUT2D eigenvalue weighted by Gasteiger charge is 2.69. The van der Waals surface area contributed by atoms with Crippen molar-refractivity contribution in [3.63, 3.8) is 0 Å². The number of benzene rings is 1. The number of para-hydroxylation sites is 1. The van der Waals surface area contributed by atoms with Gasteiger partial charge in [-0.25, -0.2) is 4.79 Å². The van der Waals surface area contributed by atoms with Crippen LogP contribution in [0.4, 0.5) is 4.79 Å². The average molecular weight is 635 g/mol. The molecular formula is C39H58N2O5. The summed E-state index contributed by atoms with van der Waals surface area (Å²) in [6.45, 7) is 14.5. The van der Waals surface area contributed by atoms with E-state index in [1.54, 1.807) is 6.07 Å². The molecule has 4 saturated carbocycles. The monoisotopic (exact) mass is 634 g/mol. The third-order valence-electron chi connectivity index (χ3n) is 15.2. The number of carbonyl (C=O) groups is 1. The first-order valence-corrected chi connectivity index (χ1v) is 18.9. The molecule has 1 spiro atoms. The highest BCUT2D eigenvalue weighted by Crippen LogP contribution is 2.71. The van der Waals surface area contributed by atoms with Crippen LogP contribution in [0.1, 0.15) is 97.5 Å². The molecule has 4 aliphatic carbocycles. The van der Waals surface area contributed by atoms with Crippen molar-refractivity contribution >= 4 is 6.09 Å². The summed E-state index contributed by atoms with van der Waals surface area (Å²) in [7, 11) is 0. The molecule has 1 aromatic rings. The fourth-order valence-corrected chi connectivity index (χ4v) is 12.5. The molecule has 0 unspecified atom stereocenters. The summed E-state index contributed by atoms with van der Waals surface area (Å²) in [6.07, 6.45) is 12.3. The minimum absolute atomic E-state index is 0.0461. The largest absolute Gasteiger partial charge is 0.508 e. The summed E-state index contributed by atoms with van der Waals surface area (Å²) in [6, 6.07) is 7.54. The van der Waals surface area contributed by atoms with Crippen LogP contribution >= 0.6 is 0 Å². The Morgan fingerprint density at radius 1 is 0.935 bits per heavy atom. The molecule has 3 aliphatic heterocycles. The molecule has 3 saturated heterocycles. The van der Waals surface area contributed by atoms with Gasteiger partial charge in [-0.05, 0) is 110 Å². The predicted molar refractivity (Wildman–Crippen MR) is 177 cm³/mol. The molecule has 1 amide bonds. The Morgan fingerprint density at radius 3 is 2.48 bits per heavy atom. The van der Waals surface area contributed by atoms with E-state index < -0.39 is 0 Å². The molecule has 1 N–H and O–H groups in total. The second-order valence-corrected chi connectivity index (χ2v) is 17.3. The Labute approximate surface area is 276 Å². The van der Waals surface area contributed by atoms with Gasteiger partial charge in [-0.1, -0.05) is 45.9 Å². The number of rotatable bonds is 3. The van der Waals surface area contributed by atoms with Gasteiger partial charge < -0.3 is 24.2 Å². The van der Waals surface area contributed by atoms with Gasteiger partial charge in [-0.2, -0.15) is 0 Å². The van der Waals surface area contributed by atoms with Gasteiger partial charge in [0.1, 0.15) is 11.9 Å². The van der Waals surface area contributed by atoms with Crippen LogP contribution in [-0.4, -0.2) is 71.8 Å². The van der Waals surface area contributed by atoms with Gasteiger partial charge in [-0.3, -0.25) is 4.90 Å². The van der Waals surface area contributed by atoms with Crippen molar-refractivity contribution in [1.29, 1.82) is 0 Å². The number of phenolic OH excluding ortho intramolecular Hbond substituents is 1. The maximum Gasteiger partial charge on any atom is 0.410 e.